The molecule has 0 unspecified atom stereocenters. The van der Waals surface area contributed by atoms with Gasteiger partial charge in [0.2, 0.25) is 5.91 Å². The van der Waals surface area contributed by atoms with Crippen molar-refractivity contribution in [2.45, 2.75) is 26.8 Å². The third kappa shape index (κ3) is 4.52. The summed E-state index contributed by atoms with van der Waals surface area (Å²) in [5, 5.41) is 11.1. The molecule has 0 atom stereocenters. The van der Waals surface area contributed by atoms with Crippen LogP contribution < -0.4 is 0 Å². The zero-order valence-corrected chi connectivity index (χ0v) is 15.9. The Morgan fingerprint density at radius 1 is 1.00 bits per heavy atom. The second-order valence-electron chi connectivity index (χ2n) is 7.08. The number of nitrogens with zero attached hydrogens (tertiary/aromatic N) is 3. The summed E-state index contributed by atoms with van der Waals surface area (Å²) in [4.78, 5) is 27.5. The highest BCUT2D eigenvalue weighted by atomic mass is 16.6. The Morgan fingerprint density at radius 3 is 2.33 bits per heavy atom. The van der Waals surface area contributed by atoms with E-state index in [0.717, 1.165) is 35.3 Å². The van der Waals surface area contributed by atoms with Crippen molar-refractivity contribution in [1.29, 1.82) is 0 Å². The number of aryl methyl sites for hydroxylation is 1. The first-order valence-electron chi connectivity index (χ1n) is 9.23. The first-order valence-corrected chi connectivity index (χ1v) is 9.23. The van der Waals surface area contributed by atoms with Gasteiger partial charge in [-0.25, -0.2) is 0 Å². The molecule has 6 heteroatoms. The molecule has 0 spiro atoms. The van der Waals surface area contributed by atoms with Gasteiger partial charge in [0.05, 0.1) is 11.3 Å². The largest absolute Gasteiger partial charge is 0.340 e. The lowest BCUT2D eigenvalue weighted by molar-refractivity contribution is -0.385. The van der Waals surface area contributed by atoms with Gasteiger partial charge in [0.25, 0.3) is 5.69 Å². The number of nitro groups is 1. The normalized spacial score (nSPS) is 15.0. The number of hydrogen-bond donors (Lipinski definition) is 0. The van der Waals surface area contributed by atoms with E-state index in [4.69, 9.17) is 0 Å². The molecule has 2 aromatic carbocycles. The van der Waals surface area contributed by atoms with Crippen LogP contribution in [0, 0.1) is 24.0 Å². The monoisotopic (exact) mass is 367 g/mol. The maximum Gasteiger partial charge on any atom is 0.272 e. The van der Waals surface area contributed by atoms with E-state index in [0.29, 0.717) is 26.1 Å². The molecule has 0 bridgehead atoms. The first-order chi connectivity index (χ1) is 13.0. The summed E-state index contributed by atoms with van der Waals surface area (Å²) in [6.07, 6.45) is 0.441. The highest BCUT2D eigenvalue weighted by molar-refractivity contribution is 5.79. The van der Waals surface area contributed by atoms with E-state index in [9.17, 15) is 14.9 Å². The van der Waals surface area contributed by atoms with Crippen LogP contribution in [0.4, 0.5) is 5.69 Å². The van der Waals surface area contributed by atoms with Crippen molar-refractivity contribution in [2.75, 3.05) is 26.2 Å². The molecule has 1 aliphatic rings. The van der Waals surface area contributed by atoms with Crippen LogP contribution in [0.25, 0.3) is 0 Å². The van der Waals surface area contributed by atoms with Gasteiger partial charge in [-0.3, -0.25) is 19.8 Å². The minimum absolute atomic E-state index is 0.162. The number of amides is 1. The molecule has 0 radical (unpaired) electrons. The van der Waals surface area contributed by atoms with E-state index in [1.165, 1.54) is 0 Å². The summed E-state index contributed by atoms with van der Waals surface area (Å²) in [6, 6.07) is 13.2. The van der Waals surface area contributed by atoms with E-state index in [1.54, 1.807) is 19.1 Å². The van der Waals surface area contributed by atoms with Crippen LogP contribution in [-0.4, -0.2) is 46.8 Å². The molecule has 0 aliphatic carbocycles. The van der Waals surface area contributed by atoms with Gasteiger partial charge in [0.1, 0.15) is 0 Å². The van der Waals surface area contributed by atoms with Gasteiger partial charge in [-0.05, 0) is 30.5 Å². The van der Waals surface area contributed by atoms with Crippen molar-refractivity contribution >= 4 is 11.6 Å². The number of carbonyl (C=O) groups excluding carboxylic acids is 1. The quantitative estimate of drug-likeness (QED) is 0.602. The molecule has 1 aliphatic heterocycles. The van der Waals surface area contributed by atoms with Crippen LogP contribution in [-0.2, 0) is 17.8 Å². The molecule has 1 saturated heterocycles. The zero-order chi connectivity index (χ0) is 19.4. The molecule has 1 amide bonds. The maximum atomic E-state index is 12.6. The lowest BCUT2D eigenvalue weighted by Crippen LogP contribution is -2.48. The van der Waals surface area contributed by atoms with Crippen molar-refractivity contribution in [3.8, 4) is 0 Å². The van der Waals surface area contributed by atoms with E-state index in [-0.39, 0.29) is 16.5 Å². The fourth-order valence-electron chi connectivity index (χ4n) is 3.52. The molecular formula is C21H25N3O3. The summed E-state index contributed by atoms with van der Waals surface area (Å²) in [5.74, 6) is 0.162. The average Bonchev–Trinajstić information content (AvgIpc) is 2.65. The number of hydrogen-bond acceptors (Lipinski definition) is 4. The fraction of sp³-hybridized carbons (Fsp3) is 0.381. The molecule has 142 valence electrons. The SMILES string of the molecule is Cc1ccccc1CC(=O)N1CCN(Cc2cccc([N+](=O)[O-])c2C)CC1. The number of piperazine rings is 1. The Labute approximate surface area is 159 Å². The van der Waals surface area contributed by atoms with Crippen molar-refractivity contribution in [2.24, 2.45) is 0 Å². The standard InChI is InChI=1S/C21H25N3O3/c1-16-6-3-4-7-18(16)14-21(25)23-12-10-22(11-13-23)15-19-8-5-9-20(17(19)2)24(26)27/h3-9H,10-15H2,1-2H3. The fourth-order valence-corrected chi connectivity index (χ4v) is 3.52. The zero-order valence-electron chi connectivity index (χ0n) is 15.9. The van der Waals surface area contributed by atoms with Crippen LogP contribution in [0.1, 0.15) is 22.3 Å². The summed E-state index contributed by atoms with van der Waals surface area (Å²) < 4.78 is 0. The highest BCUT2D eigenvalue weighted by Crippen LogP contribution is 2.22. The topological polar surface area (TPSA) is 66.7 Å². The molecule has 3 rings (SSSR count). The van der Waals surface area contributed by atoms with Crippen molar-refractivity contribution in [3.63, 3.8) is 0 Å². The van der Waals surface area contributed by atoms with Gasteiger partial charge in [-0.1, -0.05) is 36.4 Å². The smallest absolute Gasteiger partial charge is 0.272 e. The predicted molar refractivity (Wildman–Crippen MR) is 105 cm³/mol. The summed E-state index contributed by atoms with van der Waals surface area (Å²) in [6.45, 7) is 7.45. The van der Waals surface area contributed by atoms with Crippen LogP contribution in [0.2, 0.25) is 0 Å². The minimum atomic E-state index is -0.332. The lowest BCUT2D eigenvalue weighted by Gasteiger charge is -2.35. The number of carbonyl (C=O) groups is 1. The van der Waals surface area contributed by atoms with Crippen molar-refractivity contribution < 1.29 is 9.72 Å². The molecule has 1 heterocycles. The Balaban J connectivity index is 1.56. The van der Waals surface area contributed by atoms with Crippen LogP contribution in [0.3, 0.4) is 0 Å². The minimum Gasteiger partial charge on any atom is -0.340 e. The third-order valence-electron chi connectivity index (χ3n) is 5.34. The van der Waals surface area contributed by atoms with E-state index in [2.05, 4.69) is 4.90 Å². The van der Waals surface area contributed by atoms with Gasteiger partial charge >= 0.3 is 0 Å². The van der Waals surface area contributed by atoms with Gasteiger partial charge in [-0.2, -0.15) is 0 Å². The molecule has 0 saturated carbocycles. The van der Waals surface area contributed by atoms with Crippen LogP contribution in [0.5, 0.6) is 0 Å². The van der Waals surface area contributed by atoms with Gasteiger partial charge < -0.3 is 4.90 Å². The van der Waals surface area contributed by atoms with Gasteiger partial charge in [-0.15, -0.1) is 0 Å². The Morgan fingerprint density at radius 2 is 1.67 bits per heavy atom. The Kier molecular flexibility index (Phi) is 5.86. The van der Waals surface area contributed by atoms with Crippen LogP contribution in [0.15, 0.2) is 42.5 Å². The molecule has 1 fully saturated rings. The Bertz CT molecular complexity index is 842. The third-order valence-corrected chi connectivity index (χ3v) is 5.34. The maximum absolute atomic E-state index is 12.6. The average molecular weight is 367 g/mol. The molecule has 2 aromatic rings. The molecule has 27 heavy (non-hydrogen) atoms. The van der Waals surface area contributed by atoms with Crippen LogP contribution >= 0.6 is 0 Å². The number of rotatable bonds is 5. The lowest BCUT2D eigenvalue weighted by atomic mass is 10.0. The molecular weight excluding hydrogens is 342 g/mol. The number of benzene rings is 2. The van der Waals surface area contributed by atoms with E-state index >= 15 is 0 Å². The number of nitro benzene ring substituents is 1. The molecule has 6 nitrogen and oxygen atoms in total. The molecule has 0 aromatic heterocycles. The summed E-state index contributed by atoms with van der Waals surface area (Å²) >= 11 is 0. The Hall–Kier alpha value is -2.73. The van der Waals surface area contributed by atoms with Crippen molar-refractivity contribution in [1.82, 2.24) is 9.80 Å². The first kappa shape index (κ1) is 19.0. The predicted octanol–water partition coefficient (Wildman–Crippen LogP) is 3.10. The second kappa shape index (κ2) is 8.31. The summed E-state index contributed by atoms with van der Waals surface area (Å²) in [5.41, 5.74) is 4.09. The second-order valence-corrected chi connectivity index (χ2v) is 7.08. The summed E-state index contributed by atoms with van der Waals surface area (Å²) in [7, 11) is 0. The van der Waals surface area contributed by atoms with E-state index in [1.807, 2.05) is 42.2 Å². The van der Waals surface area contributed by atoms with Gasteiger partial charge in [0, 0.05) is 44.4 Å². The van der Waals surface area contributed by atoms with Gasteiger partial charge in [0.15, 0.2) is 0 Å². The molecule has 0 N–H and O–H groups in total. The van der Waals surface area contributed by atoms with E-state index < -0.39 is 0 Å². The highest BCUT2D eigenvalue weighted by Gasteiger charge is 2.23. The van der Waals surface area contributed by atoms with Crippen molar-refractivity contribution in [3.05, 3.63) is 74.8 Å².